The second-order valence-electron chi connectivity index (χ2n) is 5.05. The first-order chi connectivity index (χ1) is 10.6. The van der Waals surface area contributed by atoms with Gasteiger partial charge in [0, 0.05) is 13.8 Å². The zero-order valence-electron chi connectivity index (χ0n) is 12.8. The topological polar surface area (TPSA) is 46.6 Å². The van der Waals surface area contributed by atoms with E-state index in [9.17, 15) is 9.59 Å². The standard InChI is InChI=1S/C18H19NO3/c1-14(20)19(22-15(2)21)18-12-10-17(11-13-18)9-8-16-6-4-3-5-7-16/h3-7,10-13H,8-9H2,1-2H3. The SMILES string of the molecule is CC(=O)ON(C(C)=O)c1ccc(CCc2ccccc2)cc1. The number of rotatable bonds is 4. The first kappa shape index (κ1) is 15.8. The molecule has 0 aromatic heterocycles. The van der Waals surface area contributed by atoms with E-state index in [-0.39, 0.29) is 5.91 Å². The second-order valence-corrected chi connectivity index (χ2v) is 5.05. The lowest BCUT2D eigenvalue weighted by atomic mass is 10.0. The van der Waals surface area contributed by atoms with Crippen LogP contribution in [0.4, 0.5) is 5.69 Å². The number of aryl methyl sites for hydroxylation is 2. The summed E-state index contributed by atoms with van der Waals surface area (Å²) in [5.41, 5.74) is 3.00. The molecule has 0 saturated carbocycles. The molecule has 0 aliphatic carbocycles. The molecule has 0 bridgehead atoms. The third kappa shape index (κ3) is 4.45. The molecule has 0 aliphatic rings. The largest absolute Gasteiger partial charge is 0.334 e. The van der Waals surface area contributed by atoms with E-state index in [0.29, 0.717) is 5.69 Å². The number of benzene rings is 2. The summed E-state index contributed by atoms with van der Waals surface area (Å²) in [5, 5.41) is 1.00. The molecule has 0 heterocycles. The molecule has 0 unspecified atom stereocenters. The minimum atomic E-state index is -0.525. The number of amides is 1. The number of hydrogen-bond donors (Lipinski definition) is 0. The average molecular weight is 297 g/mol. The van der Waals surface area contributed by atoms with Gasteiger partial charge in [0.15, 0.2) is 0 Å². The quantitative estimate of drug-likeness (QED) is 0.813. The fraction of sp³-hybridized carbons (Fsp3) is 0.222. The molecule has 0 saturated heterocycles. The van der Waals surface area contributed by atoms with Crippen molar-refractivity contribution < 1.29 is 14.4 Å². The highest BCUT2D eigenvalue weighted by molar-refractivity contribution is 5.91. The molecular weight excluding hydrogens is 278 g/mol. The van der Waals surface area contributed by atoms with Crippen LogP contribution in [0.2, 0.25) is 0 Å². The van der Waals surface area contributed by atoms with E-state index in [1.165, 1.54) is 25.0 Å². The van der Waals surface area contributed by atoms with Gasteiger partial charge in [0.1, 0.15) is 0 Å². The lowest BCUT2D eigenvalue weighted by Gasteiger charge is -2.18. The maximum Gasteiger partial charge on any atom is 0.330 e. The van der Waals surface area contributed by atoms with Gasteiger partial charge in [-0.05, 0) is 36.1 Å². The Labute approximate surface area is 130 Å². The van der Waals surface area contributed by atoms with Gasteiger partial charge in [0.25, 0.3) is 5.91 Å². The fourth-order valence-electron chi connectivity index (χ4n) is 2.16. The lowest BCUT2D eigenvalue weighted by molar-refractivity contribution is -0.147. The molecule has 0 aliphatic heterocycles. The van der Waals surface area contributed by atoms with Crippen molar-refractivity contribution in [1.82, 2.24) is 0 Å². The number of anilines is 1. The number of nitrogens with zero attached hydrogens (tertiary/aromatic N) is 1. The third-order valence-corrected chi connectivity index (χ3v) is 3.22. The average Bonchev–Trinajstić information content (AvgIpc) is 2.52. The molecule has 0 atom stereocenters. The molecule has 0 spiro atoms. The van der Waals surface area contributed by atoms with Crippen molar-refractivity contribution in [3.8, 4) is 0 Å². The van der Waals surface area contributed by atoms with Crippen LogP contribution in [-0.4, -0.2) is 11.9 Å². The molecule has 0 fully saturated rings. The van der Waals surface area contributed by atoms with Crippen LogP contribution in [0.1, 0.15) is 25.0 Å². The summed E-state index contributed by atoms with van der Waals surface area (Å²) in [6.45, 7) is 2.62. The van der Waals surface area contributed by atoms with Crippen LogP contribution in [-0.2, 0) is 27.3 Å². The van der Waals surface area contributed by atoms with Crippen molar-refractivity contribution in [2.45, 2.75) is 26.7 Å². The summed E-state index contributed by atoms with van der Waals surface area (Å²) in [6, 6.07) is 17.7. The zero-order chi connectivity index (χ0) is 15.9. The van der Waals surface area contributed by atoms with Crippen molar-refractivity contribution in [3.05, 3.63) is 65.7 Å². The highest BCUT2D eigenvalue weighted by atomic mass is 16.7. The van der Waals surface area contributed by atoms with Crippen molar-refractivity contribution in [1.29, 1.82) is 0 Å². The van der Waals surface area contributed by atoms with Crippen molar-refractivity contribution in [2.24, 2.45) is 0 Å². The number of hydrogen-bond acceptors (Lipinski definition) is 3. The van der Waals surface area contributed by atoms with Crippen LogP contribution >= 0.6 is 0 Å². The van der Waals surface area contributed by atoms with Gasteiger partial charge in [-0.15, -0.1) is 5.06 Å². The van der Waals surface area contributed by atoms with E-state index in [0.717, 1.165) is 17.9 Å². The molecule has 2 aromatic carbocycles. The van der Waals surface area contributed by atoms with E-state index in [2.05, 4.69) is 12.1 Å². The highest BCUT2D eigenvalue weighted by Gasteiger charge is 2.14. The Morgan fingerprint density at radius 2 is 1.41 bits per heavy atom. The van der Waals surface area contributed by atoms with Gasteiger partial charge in [-0.2, -0.15) is 0 Å². The van der Waals surface area contributed by atoms with E-state index in [1.807, 2.05) is 30.3 Å². The predicted molar refractivity (Wildman–Crippen MR) is 85.2 cm³/mol. The van der Waals surface area contributed by atoms with Gasteiger partial charge < -0.3 is 4.84 Å². The first-order valence-electron chi connectivity index (χ1n) is 7.18. The summed E-state index contributed by atoms with van der Waals surface area (Å²) in [4.78, 5) is 27.5. The molecular formula is C18H19NO3. The van der Waals surface area contributed by atoms with Crippen LogP contribution in [0, 0.1) is 0 Å². The van der Waals surface area contributed by atoms with Gasteiger partial charge >= 0.3 is 5.97 Å². The first-order valence-corrected chi connectivity index (χ1v) is 7.18. The molecule has 2 aromatic rings. The maximum absolute atomic E-state index is 11.5. The Kier molecular flexibility index (Phi) is 5.31. The Balaban J connectivity index is 2.02. The third-order valence-electron chi connectivity index (χ3n) is 3.22. The summed E-state index contributed by atoms with van der Waals surface area (Å²) in [5.74, 6) is -0.865. The summed E-state index contributed by atoms with van der Waals surface area (Å²) in [6.07, 6.45) is 1.87. The maximum atomic E-state index is 11.5. The van der Waals surface area contributed by atoms with Crippen LogP contribution in [0.25, 0.3) is 0 Å². The fourth-order valence-corrected chi connectivity index (χ4v) is 2.16. The van der Waals surface area contributed by atoms with Crippen LogP contribution in [0.3, 0.4) is 0 Å². The smallest absolute Gasteiger partial charge is 0.330 e. The molecule has 114 valence electrons. The Morgan fingerprint density at radius 1 is 0.864 bits per heavy atom. The van der Waals surface area contributed by atoms with E-state index in [4.69, 9.17) is 4.84 Å². The normalized spacial score (nSPS) is 10.1. The Bertz CT molecular complexity index is 635. The monoisotopic (exact) mass is 297 g/mol. The number of carbonyl (C=O) groups excluding carboxylic acids is 2. The number of carbonyl (C=O) groups is 2. The molecule has 1 amide bonds. The van der Waals surface area contributed by atoms with Gasteiger partial charge in [-0.1, -0.05) is 42.5 Å². The van der Waals surface area contributed by atoms with Gasteiger partial charge in [-0.25, -0.2) is 4.79 Å². The highest BCUT2D eigenvalue weighted by Crippen LogP contribution is 2.17. The van der Waals surface area contributed by atoms with Crippen molar-refractivity contribution >= 4 is 17.6 Å². The van der Waals surface area contributed by atoms with E-state index >= 15 is 0 Å². The summed E-state index contributed by atoms with van der Waals surface area (Å²) in [7, 11) is 0. The molecule has 4 heteroatoms. The molecule has 0 N–H and O–H groups in total. The van der Waals surface area contributed by atoms with Crippen LogP contribution in [0.5, 0.6) is 0 Å². The molecule has 4 nitrogen and oxygen atoms in total. The van der Waals surface area contributed by atoms with Gasteiger partial charge in [-0.3, -0.25) is 4.79 Å². The van der Waals surface area contributed by atoms with E-state index in [1.54, 1.807) is 12.1 Å². The molecule has 0 radical (unpaired) electrons. The summed E-state index contributed by atoms with van der Waals surface area (Å²) >= 11 is 0. The van der Waals surface area contributed by atoms with Gasteiger partial charge in [0.05, 0.1) is 5.69 Å². The number of hydroxylamine groups is 1. The van der Waals surface area contributed by atoms with Gasteiger partial charge in [0.2, 0.25) is 0 Å². The molecule has 2 rings (SSSR count). The lowest BCUT2D eigenvalue weighted by Crippen LogP contribution is -2.30. The molecule has 22 heavy (non-hydrogen) atoms. The Hall–Kier alpha value is -2.62. The van der Waals surface area contributed by atoms with Crippen molar-refractivity contribution in [2.75, 3.05) is 5.06 Å². The minimum absolute atomic E-state index is 0.341. The second kappa shape index (κ2) is 7.41. The Morgan fingerprint density at radius 3 is 1.91 bits per heavy atom. The van der Waals surface area contributed by atoms with Crippen LogP contribution < -0.4 is 5.06 Å². The summed E-state index contributed by atoms with van der Waals surface area (Å²) < 4.78 is 0. The predicted octanol–water partition coefficient (Wildman–Crippen LogP) is 3.30. The zero-order valence-corrected chi connectivity index (χ0v) is 12.8. The van der Waals surface area contributed by atoms with Crippen molar-refractivity contribution in [3.63, 3.8) is 0 Å². The van der Waals surface area contributed by atoms with E-state index < -0.39 is 5.97 Å². The minimum Gasteiger partial charge on any atom is -0.334 e. The van der Waals surface area contributed by atoms with Crippen LogP contribution in [0.15, 0.2) is 54.6 Å².